The highest BCUT2D eigenvalue weighted by Crippen LogP contribution is 2.10. The molecule has 2 aromatic rings. The van der Waals surface area contributed by atoms with Crippen molar-refractivity contribution >= 4 is 31.4 Å². The Hall–Kier alpha value is -3.84. The first-order valence-electron chi connectivity index (χ1n) is 12.6. The van der Waals surface area contributed by atoms with E-state index in [2.05, 4.69) is 25.9 Å². The molecule has 3 atom stereocenters. The zero-order valence-electron chi connectivity index (χ0n) is 22.7. The van der Waals surface area contributed by atoms with Gasteiger partial charge < -0.3 is 31.1 Å². The number of amides is 3. The second-order valence-corrected chi connectivity index (χ2v) is 9.67. The lowest BCUT2D eigenvalue weighted by Gasteiger charge is -2.25. The van der Waals surface area contributed by atoms with Gasteiger partial charge in [0.2, 0.25) is 11.8 Å². The monoisotopic (exact) mass is 543 g/mol. The summed E-state index contributed by atoms with van der Waals surface area (Å²) in [6.07, 6.45) is 4.83. The normalized spacial score (nSPS) is 12.8. The van der Waals surface area contributed by atoms with Crippen molar-refractivity contribution in [1.82, 2.24) is 25.9 Å². The van der Waals surface area contributed by atoms with E-state index in [-0.39, 0.29) is 30.4 Å². The third kappa shape index (κ3) is 13.0. The molecule has 13 heteroatoms. The predicted octanol–water partition coefficient (Wildman–Crippen LogP) is 0.202. The number of carboxylic acid groups (broad SMARTS) is 1. The number of hydrogen-bond donors (Lipinski definition) is 6. The molecular formula is C26H38BN5O7. The van der Waals surface area contributed by atoms with Gasteiger partial charge in [-0.1, -0.05) is 58.0 Å². The number of aromatic nitrogens is 2. The van der Waals surface area contributed by atoms with Gasteiger partial charge in [-0.05, 0) is 30.2 Å². The van der Waals surface area contributed by atoms with Crippen LogP contribution >= 0.6 is 0 Å². The van der Waals surface area contributed by atoms with Crippen LogP contribution in [0, 0.1) is 11.8 Å². The van der Waals surface area contributed by atoms with Crippen LogP contribution in [-0.4, -0.2) is 74.6 Å². The van der Waals surface area contributed by atoms with Crippen molar-refractivity contribution in [3.63, 3.8) is 0 Å². The van der Waals surface area contributed by atoms with Gasteiger partial charge in [0, 0.05) is 18.8 Å². The first kappa shape index (κ1) is 33.2. The molecule has 0 spiro atoms. The molecule has 0 fully saturated rings. The van der Waals surface area contributed by atoms with Gasteiger partial charge in [0.25, 0.3) is 5.91 Å². The van der Waals surface area contributed by atoms with E-state index in [1.807, 2.05) is 58.0 Å². The first-order valence-corrected chi connectivity index (χ1v) is 12.6. The number of nitrogens with one attached hydrogen (secondary N) is 3. The molecule has 0 bridgehead atoms. The lowest BCUT2D eigenvalue weighted by atomic mass is 10.00. The van der Waals surface area contributed by atoms with E-state index in [1.165, 1.54) is 18.6 Å². The summed E-state index contributed by atoms with van der Waals surface area (Å²) in [6, 6.07) is 6.03. The number of rotatable bonds is 13. The molecule has 3 amide bonds. The summed E-state index contributed by atoms with van der Waals surface area (Å²) >= 11 is 0. The van der Waals surface area contributed by atoms with Crippen LogP contribution in [0.2, 0.25) is 0 Å². The topological polar surface area (TPSA) is 191 Å². The minimum atomic E-state index is -1.14. The number of nitrogens with zero attached hydrogens (tertiary/aromatic N) is 2. The van der Waals surface area contributed by atoms with Crippen molar-refractivity contribution in [3.8, 4) is 0 Å². The van der Waals surface area contributed by atoms with Gasteiger partial charge in [0.1, 0.15) is 23.8 Å². The third-order valence-electron chi connectivity index (χ3n) is 5.36. The fourth-order valence-electron chi connectivity index (χ4n) is 3.65. The average Bonchev–Trinajstić information content (AvgIpc) is 2.88. The van der Waals surface area contributed by atoms with Crippen LogP contribution in [0.4, 0.5) is 0 Å². The van der Waals surface area contributed by atoms with E-state index in [0.29, 0.717) is 6.42 Å². The fourth-order valence-corrected chi connectivity index (χ4v) is 3.65. The third-order valence-corrected chi connectivity index (χ3v) is 5.36. The maximum atomic E-state index is 13.3. The van der Waals surface area contributed by atoms with E-state index in [9.17, 15) is 24.3 Å². The SMILES string of the molecule is CC(C)C[C@H](NC(=O)[C@H](Cc1ccccc1)NC(=O)[C@H](CC(C)C)NC(=O)c1cnccn1)C(=O)O.OBO. The van der Waals surface area contributed by atoms with Crippen LogP contribution in [0.5, 0.6) is 0 Å². The maximum Gasteiger partial charge on any atom is 0.432 e. The van der Waals surface area contributed by atoms with Crippen LogP contribution < -0.4 is 16.0 Å². The summed E-state index contributed by atoms with van der Waals surface area (Å²) < 4.78 is 0. The number of hydrogen-bond acceptors (Lipinski definition) is 8. The zero-order valence-corrected chi connectivity index (χ0v) is 22.7. The van der Waals surface area contributed by atoms with E-state index in [0.717, 1.165) is 5.56 Å². The number of benzene rings is 1. The Morgan fingerprint density at radius 2 is 1.36 bits per heavy atom. The summed E-state index contributed by atoms with van der Waals surface area (Å²) in [6.45, 7) is 7.54. The Kier molecular flexibility index (Phi) is 15.0. The summed E-state index contributed by atoms with van der Waals surface area (Å²) in [5.74, 6) is -2.75. The number of carbonyl (C=O) groups is 4. The quantitative estimate of drug-likeness (QED) is 0.192. The lowest BCUT2D eigenvalue weighted by molar-refractivity contribution is -0.142. The molecule has 39 heavy (non-hydrogen) atoms. The minimum absolute atomic E-state index is 0.0419. The Morgan fingerprint density at radius 3 is 1.87 bits per heavy atom. The zero-order chi connectivity index (χ0) is 29.4. The van der Waals surface area contributed by atoms with Crippen LogP contribution in [0.15, 0.2) is 48.9 Å². The lowest BCUT2D eigenvalue weighted by Crippen LogP contribution is -2.56. The van der Waals surface area contributed by atoms with Crippen LogP contribution in [-0.2, 0) is 20.8 Å². The fraction of sp³-hybridized carbons (Fsp3) is 0.462. The second-order valence-electron chi connectivity index (χ2n) is 9.67. The summed E-state index contributed by atoms with van der Waals surface area (Å²) in [5, 5.41) is 31.8. The molecule has 0 aliphatic rings. The summed E-state index contributed by atoms with van der Waals surface area (Å²) in [5.41, 5.74) is 0.855. The first-order chi connectivity index (χ1) is 18.5. The van der Waals surface area contributed by atoms with Crippen molar-refractivity contribution < 1.29 is 34.3 Å². The summed E-state index contributed by atoms with van der Waals surface area (Å²) in [4.78, 5) is 58.6. The number of aliphatic carboxylic acids is 1. The van der Waals surface area contributed by atoms with Gasteiger partial charge in [0.05, 0.1) is 6.20 Å². The highest BCUT2D eigenvalue weighted by molar-refractivity contribution is 6.13. The molecular weight excluding hydrogens is 505 g/mol. The molecule has 0 aliphatic heterocycles. The standard InChI is InChI=1S/C26H35N5O5.BH3O2/c1-16(2)12-19(29-25(34)22-15-27-10-11-28-22)23(32)30-20(14-18-8-6-5-7-9-18)24(33)31-21(26(35)36)13-17(3)4;2-1-3/h5-11,15-17,19-21H,12-14H2,1-4H3,(H,29,34)(H,30,32)(H,31,33)(H,35,36);1-3H/t19-,20-,21-;/m0./s1. The molecule has 0 saturated carbocycles. The Bertz CT molecular complexity index is 1040. The molecule has 0 unspecified atom stereocenters. The minimum Gasteiger partial charge on any atom is -0.480 e. The Labute approximate surface area is 229 Å². The molecule has 12 nitrogen and oxygen atoms in total. The molecule has 1 heterocycles. The van der Waals surface area contributed by atoms with Crippen LogP contribution in [0.25, 0.3) is 0 Å². The van der Waals surface area contributed by atoms with Crippen molar-refractivity contribution in [3.05, 3.63) is 60.2 Å². The molecule has 2 rings (SSSR count). The number of carboxylic acids is 1. The smallest absolute Gasteiger partial charge is 0.432 e. The predicted molar refractivity (Wildman–Crippen MR) is 145 cm³/mol. The Morgan fingerprint density at radius 1 is 0.821 bits per heavy atom. The van der Waals surface area contributed by atoms with Gasteiger partial charge in [-0.2, -0.15) is 0 Å². The van der Waals surface area contributed by atoms with Crippen molar-refractivity contribution in [2.45, 2.75) is 65.1 Å². The van der Waals surface area contributed by atoms with Crippen molar-refractivity contribution in [2.24, 2.45) is 11.8 Å². The molecule has 1 aromatic heterocycles. The molecule has 1 aromatic carbocycles. The van der Waals surface area contributed by atoms with E-state index in [4.69, 9.17) is 10.0 Å². The molecule has 0 saturated heterocycles. The van der Waals surface area contributed by atoms with Crippen molar-refractivity contribution in [1.29, 1.82) is 0 Å². The van der Waals surface area contributed by atoms with Crippen LogP contribution in [0.1, 0.15) is 56.6 Å². The largest absolute Gasteiger partial charge is 0.480 e. The van der Waals surface area contributed by atoms with Crippen LogP contribution in [0.3, 0.4) is 0 Å². The van der Waals surface area contributed by atoms with Gasteiger partial charge in [-0.3, -0.25) is 19.4 Å². The second kappa shape index (κ2) is 17.6. The van der Waals surface area contributed by atoms with Gasteiger partial charge >= 0.3 is 13.7 Å². The van der Waals surface area contributed by atoms with Gasteiger partial charge in [-0.15, -0.1) is 0 Å². The molecule has 6 N–H and O–H groups in total. The molecule has 212 valence electrons. The Balaban J connectivity index is 0.00000242. The highest BCUT2D eigenvalue weighted by atomic mass is 16.4. The van der Waals surface area contributed by atoms with E-state index in [1.54, 1.807) is 0 Å². The maximum absolute atomic E-state index is 13.3. The van der Waals surface area contributed by atoms with Crippen molar-refractivity contribution in [2.75, 3.05) is 0 Å². The van der Waals surface area contributed by atoms with E-state index >= 15 is 0 Å². The van der Waals surface area contributed by atoms with E-state index < -0.39 is 49.5 Å². The highest BCUT2D eigenvalue weighted by Gasteiger charge is 2.30. The number of carbonyl (C=O) groups excluding carboxylic acids is 3. The van der Waals surface area contributed by atoms with Gasteiger partial charge in [-0.25, -0.2) is 9.78 Å². The molecule has 0 aliphatic carbocycles. The summed E-state index contributed by atoms with van der Waals surface area (Å²) in [7, 11) is -0.750. The molecule has 0 radical (unpaired) electrons. The van der Waals surface area contributed by atoms with Gasteiger partial charge in [0.15, 0.2) is 0 Å². The average molecular weight is 543 g/mol.